The van der Waals surface area contributed by atoms with Crippen molar-refractivity contribution in [2.45, 2.75) is 58.0 Å². The highest BCUT2D eigenvalue weighted by Gasteiger charge is 2.43. The third kappa shape index (κ3) is 2.92. The number of nitrogens with one attached hydrogen (secondary N) is 1. The maximum Gasteiger partial charge on any atom is 0.230 e. The average Bonchev–Trinajstić information content (AvgIpc) is 3.09. The van der Waals surface area contributed by atoms with Crippen molar-refractivity contribution >= 4 is 5.91 Å². The van der Waals surface area contributed by atoms with Crippen LogP contribution in [-0.2, 0) is 17.9 Å². The summed E-state index contributed by atoms with van der Waals surface area (Å²) in [6.07, 6.45) is 8.99. The molecule has 1 N–H and O–H groups in total. The standard InChI is InChI=1S/C16H23N7O/c1-12-17-7-9-22(12)11-16(5-6-16)10-18-15(24)13-4-2-3-8-23-14(13)19-20-21-23/h7,9,13H,2-6,8,10-11H2,1H3,(H,18,24)/t13-/m1/s1. The number of tetrazole rings is 1. The fourth-order valence-electron chi connectivity index (χ4n) is 3.51. The molecule has 1 amide bonds. The molecule has 0 unspecified atom stereocenters. The number of hydrogen-bond acceptors (Lipinski definition) is 5. The molecule has 0 aromatic carbocycles. The minimum atomic E-state index is -0.228. The molecule has 2 aliphatic rings. The fourth-order valence-corrected chi connectivity index (χ4v) is 3.51. The number of carbonyl (C=O) groups is 1. The van der Waals surface area contributed by atoms with Gasteiger partial charge >= 0.3 is 0 Å². The zero-order chi connectivity index (χ0) is 16.6. The van der Waals surface area contributed by atoms with Gasteiger partial charge in [-0.25, -0.2) is 9.67 Å². The molecule has 3 heterocycles. The van der Waals surface area contributed by atoms with Crippen LogP contribution in [0.3, 0.4) is 0 Å². The van der Waals surface area contributed by atoms with Gasteiger partial charge in [0, 0.05) is 37.4 Å². The molecule has 2 aromatic heterocycles. The molecular weight excluding hydrogens is 306 g/mol. The topological polar surface area (TPSA) is 90.5 Å². The lowest BCUT2D eigenvalue weighted by Crippen LogP contribution is -2.36. The minimum absolute atomic E-state index is 0.0570. The van der Waals surface area contributed by atoms with Crippen LogP contribution in [0.5, 0.6) is 0 Å². The van der Waals surface area contributed by atoms with E-state index < -0.39 is 0 Å². The normalized spacial score (nSPS) is 21.8. The summed E-state index contributed by atoms with van der Waals surface area (Å²) in [6, 6.07) is 0. The first-order valence-electron chi connectivity index (χ1n) is 8.68. The van der Waals surface area contributed by atoms with Gasteiger partial charge in [-0.15, -0.1) is 5.10 Å². The van der Waals surface area contributed by atoms with Crippen molar-refractivity contribution < 1.29 is 4.79 Å². The minimum Gasteiger partial charge on any atom is -0.355 e. The van der Waals surface area contributed by atoms with E-state index in [0.717, 1.165) is 51.0 Å². The maximum absolute atomic E-state index is 12.7. The summed E-state index contributed by atoms with van der Waals surface area (Å²) in [5.41, 5.74) is 0.178. The molecule has 128 valence electrons. The van der Waals surface area contributed by atoms with Gasteiger partial charge in [0.2, 0.25) is 5.91 Å². The monoisotopic (exact) mass is 329 g/mol. The molecular formula is C16H23N7O. The van der Waals surface area contributed by atoms with Gasteiger partial charge in [-0.2, -0.15) is 0 Å². The van der Waals surface area contributed by atoms with E-state index in [1.807, 2.05) is 19.3 Å². The summed E-state index contributed by atoms with van der Waals surface area (Å²) in [6.45, 7) is 4.44. The summed E-state index contributed by atoms with van der Waals surface area (Å²) in [7, 11) is 0. The Morgan fingerprint density at radius 1 is 1.42 bits per heavy atom. The zero-order valence-corrected chi connectivity index (χ0v) is 14.0. The molecule has 1 saturated carbocycles. The number of amides is 1. The summed E-state index contributed by atoms with van der Waals surface area (Å²) in [5, 5.41) is 15.0. The van der Waals surface area contributed by atoms with Crippen LogP contribution in [0, 0.1) is 12.3 Å². The van der Waals surface area contributed by atoms with Crippen molar-refractivity contribution in [2.24, 2.45) is 5.41 Å². The van der Waals surface area contributed by atoms with Crippen molar-refractivity contribution in [1.82, 2.24) is 35.1 Å². The van der Waals surface area contributed by atoms with Gasteiger partial charge < -0.3 is 9.88 Å². The Bertz CT molecular complexity index is 730. The molecule has 0 radical (unpaired) electrons. The highest BCUT2D eigenvalue weighted by atomic mass is 16.2. The first kappa shape index (κ1) is 15.3. The first-order valence-corrected chi connectivity index (χ1v) is 8.68. The second-order valence-electron chi connectivity index (χ2n) is 7.13. The molecule has 1 atom stereocenters. The Labute approximate surface area is 140 Å². The van der Waals surface area contributed by atoms with Crippen LogP contribution in [0.15, 0.2) is 12.4 Å². The number of nitrogens with zero attached hydrogens (tertiary/aromatic N) is 6. The quantitative estimate of drug-likeness (QED) is 0.885. The lowest BCUT2D eigenvalue weighted by Gasteiger charge is -2.20. The predicted molar refractivity (Wildman–Crippen MR) is 86.0 cm³/mol. The van der Waals surface area contributed by atoms with Crippen molar-refractivity contribution in [2.75, 3.05) is 6.54 Å². The molecule has 8 nitrogen and oxygen atoms in total. The highest BCUT2D eigenvalue weighted by Crippen LogP contribution is 2.46. The largest absolute Gasteiger partial charge is 0.355 e. The van der Waals surface area contributed by atoms with Crippen LogP contribution >= 0.6 is 0 Å². The Morgan fingerprint density at radius 2 is 2.29 bits per heavy atom. The lowest BCUT2D eigenvalue weighted by atomic mass is 10.0. The maximum atomic E-state index is 12.7. The SMILES string of the molecule is Cc1nccn1CC1(CNC(=O)[C@@H]2CCCCn3nnnc32)CC1. The highest BCUT2D eigenvalue weighted by molar-refractivity contribution is 5.82. The first-order chi connectivity index (χ1) is 11.7. The average molecular weight is 329 g/mol. The third-order valence-electron chi connectivity index (χ3n) is 5.32. The number of hydrogen-bond donors (Lipinski definition) is 1. The lowest BCUT2D eigenvalue weighted by molar-refractivity contribution is -0.123. The van der Waals surface area contributed by atoms with Crippen LogP contribution in [0.2, 0.25) is 0 Å². The zero-order valence-electron chi connectivity index (χ0n) is 14.0. The van der Waals surface area contributed by atoms with Crippen molar-refractivity contribution in [3.05, 3.63) is 24.0 Å². The third-order valence-corrected chi connectivity index (χ3v) is 5.32. The second-order valence-corrected chi connectivity index (χ2v) is 7.13. The van der Waals surface area contributed by atoms with Crippen LogP contribution in [0.1, 0.15) is 49.7 Å². The van der Waals surface area contributed by atoms with E-state index in [4.69, 9.17) is 0 Å². The molecule has 0 bridgehead atoms. The number of carbonyl (C=O) groups excluding carboxylic acids is 1. The smallest absolute Gasteiger partial charge is 0.230 e. The molecule has 0 saturated heterocycles. The Hall–Kier alpha value is -2.25. The van der Waals surface area contributed by atoms with Gasteiger partial charge in [-0.1, -0.05) is 6.42 Å². The Morgan fingerprint density at radius 3 is 3.04 bits per heavy atom. The summed E-state index contributed by atoms with van der Waals surface area (Å²) in [5.74, 6) is 1.56. The van der Waals surface area contributed by atoms with E-state index in [1.54, 1.807) is 4.68 Å². The van der Waals surface area contributed by atoms with Crippen LogP contribution in [0.4, 0.5) is 0 Å². The fraction of sp³-hybridized carbons (Fsp3) is 0.688. The van der Waals surface area contributed by atoms with Crippen molar-refractivity contribution in [3.8, 4) is 0 Å². The number of aromatic nitrogens is 6. The second kappa shape index (κ2) is 5.99. The van der Waals surface area contributed by atoms with Crippen LogP contribution in [0.25, 0.3) is 0 Å². The Balaban J connectivity index is 1.39. The van der Waals surface area contributed by atoms with Gasteiger partial charge in [0.05, 0.1) is 5.92 Å². The summed E-state index contributed by atoms with van der Waals surface area (Å²) >= 11 is 0. The van der Waals surface area contributed by atoms with Crippen molar-refractivity contribution in [1.29, 1.82) is 0 Å². The molecule has 0 spiro atoms. The van der Waals surface area contributed by atoms with Gasteiger partial charge in [0.15, 0.2) is 5.82 Å². The van der Waals surface area contributed by atoms with Crippen LogP contribution < -0.4 is 5.32 Å². The van der Waals surface area contributed by atoms with E-state index in [1.165, 1.54) is 0 Å². The Kier molecular flexibility index (Phi) is 3.82. The van der Waals surface area contributed by atoms with E-state index in [2.05, 4.69) is 30.4 Å². The van der Waals surface area contributed by atoms with Crippen molar-refractivity contribution in [3.63, 3.8) is 0 Å². The predicted octanol–water partition coefficient (Wildman–Crippen LogP) is 1.04. The van der Waals surface area contributed by atoms with Gasteiger partial charge in [0.25, 0.3) is 0 Å². The van der Waals surface area contributed by atoms with E-state index in [9.17, 15) is 4.79 Å². The van der Waals surface area contributed by atoms with Gasteiger partial charge in [-0.3, -0.25) is 4.79 Å². The summed E-state index contributed by atoms with van der Waals surface area (Å²) < 4.78 is 3.95. The van der Waals surface area contributed by atoms with E-state index >= 15 is 0 Å². The number of imidazole rings is 1. The summed E-state index contributed by atoms with van der Waals surface area (Å²) in [4.78, 5) is 17.0. The van der Waals surface area contributed by atoms with E-state index in [0.29, 0.717) is 12.4 Å². The van der Waals surface area contributed by atoms with Gasteiger partial charge in [0.1, 0.15) is 5.82 Å². The molecule has 8 heteroatoms. The van der Waals surface area contributed by atoms with E-state index in [-0.39, 0.29) is 17.2 Å². The molecule has 1 fully saturated rings. The molecule has 2 aromatic rings. The van der Waals surface area contributed by atoms with Gasteiger partial charge in [-0.05, 0) is 43.0 Å². The molecule has 1 aliphatic carbocycles. The number of fused-ring (bicyclic) bond motifs is 1. The molecule has 4 rings (SSSR count). The molecule has 1 aliphatic heterocycles. The molecule has 24 heavy (non-hydrogen) atoms. The number of aryl methyl sites for hydroxylation is 2. The number of rotatable bonds is 5. The van der Waals surface area contributed by atoms with Crippen LogP contribution in [-0.4, -0.2) is 42.2 Å².